The van der Waals surface area contributed by atoms with E-state index in [1.165, 1.54) is 0 Å². The first-order chi connectivity index (χ1) is 7.77. The van der Waals surface area contributed by atoms with Crippen LogP contribution in [0.25, 0.3) is 11.1 Å². The maximum absolute atomic E-state index is 10.8. The molecule has 0 atom stereocenters. The van der Waals surface area contributed by atoms with Crippen LogP contribution in [0.15, 0.2) is 48.5 Å². The zero-order valence-electron chi connectivity index (χ0n) is 8.60. The molecule has 0 aliphatic rings. The Kier molecular flexibility index (Phi) is 2.87. The summed E-state index contributed by atoms with van der Waals surface area (Å²) in [7, 11) is 0. The number of hydrogen-bond donors (Lipinski definition) is 2. The molecule has 2 aromatic rings. The zero-order chi connectivity index (χ0) is 11.4. The summed E-state index contributed by atoms with van der Waals surface area (Å²) in [5.41, 5.74) is 7.62. The van der Waals surface area contributed by atoms with Crippen LogP contribution in [0.5, 0.6) is 0 Å². The Balaban J connectivity index is 2.44. The van der Waals surface area contributed by atoms with Gasteiger partial charge >= 0.3 is 6.03 Å². The molecule has 2 rings (SSSR count). The molecule has 2 aromatic carbocycles. The molecule has 0 fully saturated rings. The van der Waals surface area contributed by atoms with Crippen molar-refractivity contribution in [3.05, 3.63) is 54.6 Å². The topological polar surface area (TPSA) is 55.1 Å². The first kappa shape index (κ1) is 10.2. The number of hydrogen-bond acceptors (Lipinski definition) is 1. The largest absolute Gasteiger partial charge is 0.351 e. The molecule has 0 spiro atoms. The van der Waals surface area contributed by atoms with E-state index >= 15 is 0 Å². The van der Waals surface area contributed by atoms with E-state index in [4.69, 9.17) is 5.73 Å². The van der Waals surface area contributed by atoms with Gasteiger partial charge in [0.05, 0.1) is 5.69 Å². The first-order valence-electron chi connectivity index (χ1n) is 4.90. The van der Waals surface area contributed by atoms with Crippen molar-refractivity contribution < 1.29 is 4.79 Å². The highest BCUT2D eigenvalue weighted by atomic mass is 16.2. The fourth-order valence-corrected chi connectivity index (χ4v) is 1.52. The Hall–Kier alpha value is -2.29. The van der Waals surface area contributed by atoms with Crippen LogP contribution in [0.2, 0.25) is 0 Å². The number of anilines is 1. The van der Waals surface area contributed by atoms with Crippen LogP contribution >= 0.6 is 0 Å². The summed E-state index contributed by atoms with van der Waals surface area (Å²) < 4.78 is 0. The van der Waals surface area contributed by atoms with Gasteiger partial charge in [-0.25, -0.2) is 4.79 Å². The molecular formula is C13H11N2O. The van der Waals surface area contributed by atoms with E-state index in [0.717, 1.165) is 11.1 Å². The molecule has 0 aliphatic heterocycles. The highest BCUT2D eigenvalue weighted by Crippen LogP contribution is 2.26. The van der Waals surface area contributed by atoms with E-state index in [9.17, 15) is 4.79 Å². The summed E-state index contributed by atoms with van der Waals surface area (Å²) in [5, 5.41) is 2.56. The summed E-state index contributed by atoms with van der Waals surface area (Å²) in [6.07, 6.45) is 0. The monoisotopic (exact) mass is 211 g/mol. The number of para-hydroxylation sites is 1. The Morgan fingerprint density at radius 1 is 1.12 bits per heavy atom. The van der Waals surface area contributed by atoms with Gasteiger partial charge in [0.1, 0.15) is 0 Å². The maximum atomic E-state index is 10.8. The lowest BCUT2D eigenvalue weighted by Gasteiger charge is -2.08. The number of rotatable bonds is 2. The van der Waals surface area contributed by atoms with Gasteiger partial charge in [-0.3, -0.25) is 0 Å². The smallest absolute Gasteiger partial charge is 0.316 e. The van der Waals surface area contributed by atoms with E-state index in [-0.39, 0.29) is 0 Å². The Labute approximate surface area is 93.9 Å². The molecule has 1 radical (unpaired) electrons. The number of nitrogens with one attached hydrogen (secondary N) is 1. The quantitative estimate of drug-likeness (QED) is 0.788. The van der Waals surface area contributed by atoms with Crippen LogP contribution in [0.1, 0.15) is 0 Å². The summed E-state index contributed by atoms with van der Waals surface area (Å²) in [6, 6.07) is 17.6. The van der Waals surface area contributed by atoms with Gasteiger partial charge in [0.15, 0.2) is 0 Å². The second kappa shape index (κ2) is 4.49. The lowest BCUT2D eigenvalue weighted by molar-refractivity contribution is 0.259. The van der Waals surface area contributed by atoms with E-state index in [2.05, 4.69) is 11.4 Å². The van der Waals surface area contributed by atoms with Gasteiger partial charge in [-0.05, 0) is 5.56 Å². The van der Waals surface area contributed by atoms with Crippen molar-refractivity contribution in [3.63, 3.8) is 0 Å². The van der Waals surface area contributed by atoms with Crippen LogP contribution in [-0.4, -0.2) is 6.03 Å². The minimum absolute atomic E-state index is 0.584. The highest BCUT2D eigenvalue weighted by molar-refractivity contribution is 5.93. The summed E-state index contributed by atoms with van der Waals surface area (Å²) >= 11 is 0. The third kappa shape index (κ3) is 2.20. The number of carbonyl (C=O) groups excluding carboxylic acids is 1. The van der Waals surface area contributed by atoms with Gasteiger partial charge in [0.25, 0.3) is 0 Å². The van der Waals surface area contributed by atoms with Crippen LogP contribution in [0.3, 0.4) is 0 Å². The molecule has 3 heteroatoms. The zero-order valence-corrected chi connectivity index (χ0v) is 8.60. The summed E-state index contributed by atoms with van der Waals surface area (Å²) in [6.45, 7) is 0. The third-order valence-corrected chi connectivity index (χ3v) is 2.19. The fraction of sp³-hybridized carbons (Fsp3) is 0. The van der Waals surface area contributed by atoms with Gasteiger partial charge in [-0.1, -0.05) is 48.5 Å². The molecule has 0 saturated carbocycles. The molecule has 16 heavy (non-hydrogen) atoms. The predicted molar refractivity (Wildman–Crippen MR) is 63.9 cm³/mol. The van der Waals surface area contributed by atoms with Crippen molar-refractivity contribution in [1.82, 2.24) is 0 Å². The average molecular weight is 211 g/mol. The number of urea groups is 1. The number of nitrogens with two attached hydrogens (primary N) is 1. The van der Waals surface area contributed by atoms with Gasteiger partial charge in [-0.15, -0.1) is 0 Å². The molecule has 3 nitrogen and oxygen atoms in total. The van der Waals surface area contributed by atoms with Gasteiger partial charge in [0.2, 0.25) is 0 Å². The number of amides is 2. The Bertz CT molecular complexity index is 494. The maximum Gasteiger partial charge on any atom is 0.316 e. The van der Waals surface area contributed by atoms with Crippen molar-refractivity contribution in [2.75, 3.05) is 5.32 Å². The van der Waals surface area contributed by atoms with E-state index in [1.54, 1.807) is 6.07 Å². The van der Waals surface area contributed by atoms with E-state index in [0.29, 0.717) is 5.69 Å². The SMILES string of the molecule is NC(=O)Nc1[c]cccc1-c1ccccc1. The second-order valence-electron chi connectivity index (χ2n) is 3.31. The minimum atomic E-state index is -0.584. The van der Waals surface area contributed by atoms with Gasteiger partial charge in [-0.2, -0.15) is 0 Å². The van der Waals surface area contributed by atoms with Crippen molar-refractivity contribution in [2.45, 2.75) is 0 Å². The molecule has 0 heterocycles. The van der Waals surface area contributed by atoms with E-state index in [1.807, 2.05) is 42.5 Å². The highest BCUT2D eigenvalue weighted by Gasteiger charge is 2.05. The number of primary amides is 1. The van der Waals surface area contributed by atoms with Crippen molar-refractivity contribution in [2.24, 2.45) is 5.73 Å². The molecule has 0 unspecified atom stereocenters. The number of carbonyl (C=O) groups is 1. The van der Waals surface area contributed by atoms with E-state index < -0.39 is 6.03 Å². The molecule has 0 aromatic heterocycles. The average Bonchev–Trinajstić information content (AvgIpc) is 2.30. The lowest BCUT2D eigenvalue weighted by Crippen LogP contribution is -2.19. The Morgan fingerprint density at radius 3 is 2.56 bits per heavy atom. The molecular weight excluding hydrogens is 200 g/mol. The van der Waals surface area contributed by atoms with Gasteiger partial charge < -0.3 is 11.1 Å². The van der Waals surface area contributed by atoms with Crippen molar-refractivity contribution in [1.29, 1.82) is 0 Å². The molecule has 79 valence electrons. The molecule has 0 aliphatic carbocycles. The second-order valence-corrected chi connectivity index (χ2v) is 3.31. The normalized spacial score (nSPS) is 9.75. The van der Waals surface area contributed by atoms with Gasteiger partial charge in [0, 0.05) is 11.6 Å². The summed E-state index contributed by atoms with van der Waals surface area (Å²) in [4.78, 5) is 10.8. The van der Waals surface area contributed by atoms with Crippen LogP contribution in [0.4, 0.5) is 10.5 Å². The van der Waals surface area contributed by atoms with Crippen molar-refractivity contribution >= 4 is 11.7 Å². The van der Waals surface area contributed by atoms with Crippen LogP contribution in [0, 0.1) is 6.07 Å². The van der Waals surface area contributed by atoms with Crippen LogP contribution in [-0.2, 0) is 0 Å². The fourth-order valence-electron chi connectivity index (χ4n) is 1.52. The van der Waals surface area contributed by atoms with Crippen molar-refractivity contribution in [3.8, 4) is 11.1 Å². The Morgan fingerprint density at radius 2 is 1.88 bits per heavy atom. The standard InChI is InChI=1S/C13H11N2O/c14-13(16)15-12-9-5-4-8-11(12)10-6-2-1-3-7-10/h1-8H,(H3,14,15,16). The first-order valence-corrected chi connectivity index (χ1v) is 4.90. The summed E-state index contributed by atoms with van der Waals surface area (Å²) in [5.74, 6) is 0. The minimum Gasteiger partial charge on any atom is -0.351 e. The molecule has 0 bridgehead atoms. The number of benzene rings is 2. The lowest BCUT2D eigenvalue weighted by atomic mass is 10.0. The predicted octanol–water partition coefficient (Wildman–Crippen LogP) is 2.64. The molecule has 2 amide bonds. The molecule has 0 saturated heterocycles. The van der Waals surface area contributed by atoms with Crippen LogP contribution < -0.4 is 11.1 Å². The molecule has 3 N–H and O–H groups in total. The third-order valence-electron chi connectivity index (χ3n) is 2.19.